The van der Waals surface area contributed by atoms with Crippen LogP contribution in [-0.2, 0) is 9.59 Å². The number of imide groups is 2. The number of halogens is 2. The number of rotatable bonds is 4. The summed E-state index contributed by atoms with van der Waals surface area (Å²) in [6.07, 6.45) is 3.62. The lowest BCUT2D eigenvalue weighted by Crippen LogP contribution is -2.54. The van der Waals surface area contributed by atoms with E-state index in [4.69, 9.17) is 27.9 Å². The third-order valence-corrected chi connectivity index (χ3v) is 6.74. The van der Waals surface area contributed by atoms with Crippen molar-refractivity contribution in [3.8, 4) is 5.75 Å². The largest absolute Gasteiger partial charge is 0.496 e. The van der Waals surface area contributed by atoms with E-state index in [1.807, 2.05) is 19.1 Å². The van der Waals surface area contributed by atoms with Crippen molar-refractivity contribution in [2.45, 2.75) is 33.2 Å². The van der Waals surface area contributed by atoms with Crippen LogP contribution in [0.4, 0.5) is 16.2 Å². The molecule has 2 aromatic rings. The molecule has 7 nitrogen and oxygen atoms in total. The Morgan fingerprint density at radius 1 is 1.09 bits per heavy atom. The molecule has 1 fully saturated rings. The second kappa shape index (κ2) is 9.06. The average Bonchev–Trinajstić information content (AvgIpc) is 2.77. The first kappa shape index (κ1) is 24.8. The Morgan fingerprint density at radius 2 is 1.80 bits per heavy atom. The van der Waals surface area contributed by atoms with Crippen LogP contribution < -0.4 is 19.9 Å². The smallest absolute Gasteiger partial charge is 0.335 e. The fourth-order valence-electron chi connectivity index (χ4n) is 4.68. The van der Waals surface area contributed by atoms with Gasteiger partial charge in [0, 0.05) is 34.4 Å². The molecule has 2 aliphatic heterocycles. The lowest BCUT2D eigenvalue weighted by Gasteiger charge is -2.43. The Morgan fingerprint density at radius 3 is 2.43 bits per heavy atom. The van der Waals surface area contributed by atoms with Gasteiger partial charge in [0.2, 0.25) is 0 Å². The predicted octanol–water partition coefficient (Wildman–Crippen LogP) is 5.69. The highest BCUT2D eigenvalue weighted by Crippen LogP contribution is 2.42. The molecule has 9 heteroatoms. The molecule has 0 atom stereocenters. The van der Waals surface area contributed by atoms with E-state index in [9.17, 15) is 14.4 Å². The topological polar surface area (TPSA) is 79.0 Å². The molecule has 35 heavy (non-hydrogen) atoms. The number of carbonyl (C=O) groups excluding carboxylic acids is 3. The zero-order valence-electron chi connectivity index (χ0n) is 20.0. The molecule has 0 aliphatic carbocycles. The number of nitrogens with zero attached hydrogens (tertiary/aromatic N) is 2. The van der Waals surface area contributed by atoms with Crippen molar-refractivity contribution < 1.29 is 19.1 Å². The van der Waals surface area contributed by atoms with Gasteiger partial charge in [0.05, 0.1) is 23.4 Å². The highest BCUT2D eigenvalue weighted by Gasteiger charge is 2.38. The molecular weight excluding hydrogens is 489 g/mol. The van der Waals surface area contributed by atoms with Gasteiger partial charge in [-0.25, -0.2) is 9.69 Å². The molecule has 0 spiro atoms. The molecule has 2 aromatic carbocycles. The Hall–Kier alpha value is -3.29. The third-order valence-electron chi connectivity index (χ3n) is 6.20. The summed E-state index contributed by atoms with van der Waals surface area (Å²) >= 11 is 12.2. The van der Waals surface area contributed by atoms with Gasteiger partial charge in [-0.1, -0.05) is 29.3 Å². The number of ether oxygens (including phenoxy) is 1. The summed E-state index contributed by atoms with van der Waals surface area (Å²) in [5.41, 5.74) is 3.28. The van der Waals surface area contributed by atoms with Gasteiger partial charge in [0.15, 0.2) is 0 Å². The lowest BCUT2D eigenvalue weighted by molar-refractivity contribution is -0.122. The van der Waals surface area contributed by atoms with E-state index in [0.29, 0.717) is 16.3 Å². The van der Waals surface area contributed by atoms with E-state index in [1.165, 1.54) is 31.4 Å². The molecule has 0 saturated carbocycles. The number of carbonyl (C=O) groups is 3. The van der Waals surface area contributed by atoms with Crippen LogP contribution in [0, 0.1) is 0 Å². The average molecular weight is 514 g/mol. The number of anilines is 2. The van der Waals surface area contributed by atoms with Crippen molar-refractivity contribution in [2.24, 2.45) is 0 Å². The minimum absolute atomic E-state index is 0.101. The molecule has 2 heterocycles. The zero-order chi connectivity index (χ0) is 25.7. The van der Waals surface area contributed by atoms with Gasteiger partial charge in [-0.15, -0.1) is 0 Å². The van der Waals surface area contributed by atoms with E-state index in [1.54, 1.807) is 0 Å². The van der Waals surface area contributed by atoms with E-state index >= 15 is 0 Å². The van der Waals surface area contributed by atoms with Crippen LogP contribution in [0.3, 0.4) is 0 Å². The molecule has 0 aromatic heterocycles. The van der Waals surface area contributed by atoms with Crippen LogP contribution in [-0.4, -0.2) is 37.0 Å². The normalized spacial score (nSPS) is 18.4. The Bertz CT molecular complexity index is 1330. The van der Waals surface area contributed by atoms with Crippen LogP contribution in [0.1, 0.15) is 38.8 Å². The number of hydrogen-bond donors (Lipinski definition) is 1. The van der Waals surface area contributed by atoms with Gasteiger partial charge >= 0.3 is 6.03 Å². The van der Waals surface area contributed by atoms with Crippen LogP contribution >= 0.6 is 23.2 Å². The first-order valence-electron chi connectivity index (χ1n) is 11.0. The monoisotopic (exact) mass is 513 g/mol. The number of nitrogens with one attached hydrogen (secondary N) is 1. The molecule has 2 aliphatic rings. The standard InChI is InChI=1S/C26H25Cl2N3O4/c1-6-30-21-12-22(35-5)15(9-17(21)14(2)13-26(30,3)4)10-18-23(32)29-25(34)31(24(18)33)20-8-7-16(27)11-19(20)28/h7-13H,6H2,1-5H3,(H,29,32,34)/b18-10-. The van der Waals surface area contributed by atoms with E-state index < -0.39 is 17.8 Å². The quantitative estimate of drug-likeness (QED) is 0.419. The Balaban J connectivity index is 1.84. The molecule has 4 rings (SSSR count). The van der Waals surface area contributed by atoms with Gasteiger partial charge in [0.1, 0.15) is 11.3 Å². The minimum atomic E-state index is -0.890. The summed E-state index contributed by atoms with van der Waals surface area (Å²) in [5.74, 6) is -1.11. The number of fused-ring (bicyclic) bond motifs is 1. The van der Waals surface area contributed by atoms with Crippen LogP contribution in [0.5, 0.6) is 5.75 Å². The van der Waals surface area contributed by atoms with Crippen LogP contribution in [0.2, 0.25) is 10.0 Å². The van der Waals surface area contributed by atoms with Crippen molar-refractivity contribution in [3.05, 3.63) is 63.2 Å². The van der Waals surface area contributed by atoms with Crippen molar-refractivity contribution in [2.75, 3.05) is 23.5 Å². The first-order chi connectivity index (χ1) is 16.5. The lowest BCUT2D eigenvalue weighted by atomic mass is 9.87. The van der Waals surface area contributed by atoms with Crippen molar-refractivity contribution in [3.63, 3.8) is 0 Å². The molecule has 1 saturated heterocycles. The maximum Gasteiger partial charge on any atom is 0.335 e. The zero-order valence-corrected chi connectivity index (χ0v) is 21.5. The number of methoxy groups -OCH3 is 1. The second-order valence-corrected chi connectivity index (χ2v) is 9.73. The Labute approximate surface area is 213 Å². The first-order valence-corrected chi connectivity index (χ1v) is 11.8. The number of benzene rings is 2. The minimum Gasteiger partial charge on any atom is -0.496 e. The van der Waals surface area contributed by atoms with Gasteiger partial charge in [-0.2, -0.15) is 0 Å². The fraction of sp³-hybridized carbons (Fsp3) is 0.269. The van der Waals surface area contributed by atoms with Crippen molar-refractivity contribution >= 4 is 64.1 Å². The molecule has 0 radical (unpaired) electrons. The number of allylic oxidation sites excluding steroid dienone is 1. The third kappa shape index (κ3) is 4.30. The number of barbiturate groups is 1. The maximum absolute atomic E-state index is 13.3. The maximum atomic E-state index is 13.3. The molecular formula is C26H25Cl2N3O4. The van der Waals surface area contributed by atoms with Crippen molar-refractivity contribution in [1.82, 2.24) is 5.32 Å². The summed E-state index contributed by atoms with van der Waals surface area (Å²) in [5, 5.41) is 2.66. The van der Waals surface area contributed by atoms with E-state index in [2.05, 4.69) is 37.1 Å². The Kier molecular flexibility index (Phi) is 6.42. The fourth-order valence-corrected chi connectivity index (χ4v) is 5.18. The highest BCUT2D eigenvalue weighted by molar-refractivity contribution is 6.42. The predicted molar refractivity (Wildman–Crippen MR) is 139 cm³/mol. The van der Waals surface area contributed by atoms with Crippen LogP contribution in [0.25, 0.3) is 11.6 Å². The van der Waals surface area contributed by atoms with E-state index in [-0.39, 0.29) is 21.8 Å². The summed E-state index contributed by atoms with van der Waals surface area (Å²) in [7, 11) is 1.53. The van der Waals surface area contributed by atoms with Gasteiger partial charge < -0.3 is 9.64 Å². The molecule has 0 unspecified atom stereocenters. The van der Waals surface area contributed by atoms with Crippen molar-refractivity contribution in [1.29, 1.82) is 0 Å². The van der Waals surface area contributed by atoms with Crippen LogP contribution in [0.15, 0.2) is 42.0 Å². The molecule has 1 N–H and O–H groups in total. The summed E-state index contributed by atoms with van der Waals surface area (Å²) in [6, 6.07) is 7.28. The summed E-state index contributed by atoms with van der Waals surface area (Å²) < 4.78 is 5.63. The summed E-state index contributed by atoms with van der Waals surface area (Å²) in [4.78, 5) is 41.7. The van der Waals surface area contributed by atoms with E-state index in [0.717, 1.165) is 28.3 Å². The number of likely N-dealkylation sites (N-methyl/N-ethyl adjacent to an activating group) is 1. The molecule has 182 valence electrons. The number of amides is 4. The summed E-state index contributed by atoms with van der Waals surface area (Å²) in [6.45, 7) is 9.18. The second-order valence-electron chi connectivity index (χ2n) is 8.89. The highest BCUT2D eigenvalue weighted by atomic mass is 35.5. The van der Waals surface area contributed by atoms with Gasteiger partial charge in [-0.05, 0) is 63.6 Å². The molecule has 4 amide bonds. The van der Waals surface area contributed by atoms with Gasteiger partial charge in [0.25, 0.3) is 11.8 Å². The van der Waals surface area contributed by atoms with Gasteiger partial charge in [-0.3, -0.25) is 14.9 Å². The number of hydrogen-bond acceptors (Lipinski definition) is 5. The molecule has 0 bridgehead atoms. The number of urea groups is 1. The SMILES string of the molecule is CCN1c2cc(OC)c(/C=C3/C(=O)NC(=O)N(c4ccc(Cl)cc4Cl)C3=O)cc2C(C)=CC1(C)C.